The number of hydrogen-bond donors (Lipinski definition) is 1. The minimum atomic E-state index is -0.0725. The molecule has 2 aliphatic rings. The molecule has 1 aliphatic heterocycles. The third kappa shape index (κ3) is 1.55. The zero-order valence-corrected chi connectivity index (χ0v) is 12.0. The van der Waals surface area contributed by atoms with Gasteiger partial charge in [0.2, 0.25) is 0 Å². The molecule has 0 aromatic heterocycles. The van der Waals surface area contributed by atoms with Gasteiger partial charge in [-0.25, -0.2) is 0 Å². The number of hydrogen-bond acceptors (Lipinski definition) is 3. The van der Waals surface area contributed by atoms with Crippen molar-refractivity contribution in [1.82, 2.24) is 0 Å². The summed E-state index contributed by atoms with van der Waals surface area (Å²) in [6.07, 6.45) is 2.14. The number of ether oxygens (including phenoxy) is 2. The predicted octanol–water partition coefficient (Wildman–Crippen LogP) is 2.50. The van der Waals surface area contributed by atoms with Gasteiger partial charge >= 0.3 is 0 Å². The Bertz CT molecular complexity index is 464. The van der Waals surface area contributed by atoms with Crippen LogP contribution < -0.4 is 4.74 Å². The number of methoxy groups -OCH3 is 1. The molecule has 98 valence electrons. The van der Waals surface area contributed by atoms with E-state index in [1.165, 1.54) is 0 Å². The highest BCUT2D eigenvalue weighted by molar-refractivity contribution is 9.10. The standard InChI is InChI=1S/C14H17BrO3/c1-17-12-3-2-10(15)6-11(12)14(8-18-9-14)13(7-16)4-5-13/h2-3,6,16H,4-5,7-9H2,1H3. The normalized spacial score (nSPS) is 23.3. The molecule has 1 N–H and O–H groups in total. The summed E-state index contributed by atoms with van der Waals surface area (Å²) in [6.45, 7) is 1.59. The van der Waals surface area contributed by atoms with Crippen LogP contribution in [0.25, 0.3) is 0 Å². The maximum Gasteiger partial charge on any atom is 0.122 e. The lowest BCUT2D eigenvalue weighted by atomic mass is 9.66. The monoisotopic (exact) mass is 312 g/mol. The summed E-state index contributed by atoms with van der Waals surface area (Å²) in [7, 11) is 1.69. The van der Waals surface area contributed by atoms with Gasteiger partial charge in [0.05, 0.1) is 25.7 Å². The highest BCUT2D eigenvalue weighted by Crippen LogP contribution is 2.63. The predicted molar refractivity (Wildman–Crippen MR) is 71.9 cm³/mol. The number of aliphatic hydroxyl groups excluding tert-OH is 1. The molecule has 0 amide bonds. The Morgan fingerprint density at radius 2 is 2.11 bits per heavy atom. The summed E-state index contributed by atoms with van der Waals surface area (Å²) < 4.78 is 12.0. The van der Waals surface area contributed by atoms with Crippen LogP contribution in [0.3, 0.4) is 0 Å². The fourth-order valence-electron chi connectivity index (χ4n) is 3.05. The van der Waals surface area contributed by atoms with E-state index in [-0.39, 0.29) is 17.4 Å². The number of rotatable bonds is 4. The number of halogens is 1. The molecular formula is C14H17BrO3. The van der Waals surface area contributed by atoms with Crippen LogP contribution >= 0.6 is 15.9 Å². The van der Waals surface area contributed by atoms with E-state index in [1.807, 2.05) is 12.1 Å². The molecule has 0 unspecified atom stereocenters. The highest BCUT2D eigenvalue weighted by atomic mass is 79.9. The van der Waals surface area contributed by atoms with E-state index < -0.39 is 0 Å². The van der Waals surface area contributed by atoms with Gasteiger partial charge in [0.15, 0.2) is 0 Å². The van der Waals surface area contributed by atoms with Crippen molar-refractivity contribution in [3.63, 3.8) is 0 Å². The zero-order valence-electron chi connectivity index (χ0n) is 10.4. The van der Waals surface area contributed by atoms with Gasteiger partial charge in [-0.1, -0.05) is 15.9 Å². The van der Waals surface area contributed by atoms with Crippen molar-refractivity contribution in [2.24, 2.45) is 5.41 Å². The van der Waals surface area contributed by atoms with Gasteiger partial charge in [0.1, 0.15) is 5.75 Å². The van der Waals surface area contributed by atoms with Crippen LogP contribution in [0.5, 0.6) is 5.75 Å². The molecule has 1 aromatic carbocycles. The van der Waals surface area contributed by atoms with Gasteiger partial charge in [-0.2, -0.15) is 0 Å². The third-order valence-corrected chi connectivity index (χ3v) is 5.04. The SMILES string of the molecule is COc1ccc(Br)cc1C1(C2(CO)CC2)COC1. The summed E-state index contributed by atoms with van der Waals surface area (Å²) in [6, 6.07) is 6.07. The second-order valence-electron chi connectivity index (χ2n) is 5.36. The molecule has 1 aliphatic carbocycles. The van der Waals surface area contributed by atoms with Crippen molar-refractivity contribution in [3.8, 4) is 5.75 Å². The van der Waals surface area contributed by atoms with E-state index in [0.29, 0.717) is 13.2 Å². The molecule has 18 heavy (non-hydrogen) atoms. The number of aliphatic hydroxyl groups is 1. The molecule has 1 saturated carbocycles. The Kier molecular flexibility index (Phi) is 2.92. The van der Waals surface area contributed by atoms with Gasteiger partial charge in [-0.15, -0.1) is 0 Å². The Morgan fingerprint density at radius 3 is 2.56 bits per heavy atom. The highest BCUT2D eigenvalue weighted by Gasteiger charge is 2.64. The summed E-state index contributed by atoms with van der Waals surface area (Å²) >= 11 is 3.52. The Morgan fingerprint density at radius 1 is 1.39 bits per heavy atom. The molecule has 4 heteroatoms. The van der Waals surface area contributed by atoms with E-state index in [0.717, 1.165) is 28.6 Å². The number of benzene rings is 1. The smallest absolute Gasteiger partial charge is 0.122 e. The molecule has 0 radical (unpaired) electrons. The molecule has 0 bridgehead atoms. The molecule has 3 nitrogen and oxygen atoms in total. The lowest BCUT2D eigenvalue weighted by Gasteiger charge is -2.48. The first-order valence-electron chi connectivity index (χ1n) is 6.20. The first kappa shape index (κ1) is 12.5. The van der Waals surface area contributed by atoms with E-state index in [1.54, 1.807) is 7.11 Å². The third-order valence-electron chi connectivity index (χ3n) is 4.55. The minimum Gasteiger partial charge on any atom is -0.496 e. The second kappa shape index (κ2) is 4.22. The van der Waals surface area contributed by atoms with E-state index in [2.05, 4.69) is 22.0 Å². The van der Waals surface area contributed by atoms with Gasteiger partial charge in [-0.3, -0.25) is 0 Å². The average Bonchev–Trinajstić information content (AvgIpc) is 3.09. The summed E-state index contributed by atoms with van der Waals surface area (Å²) in [4.78, 5) is 0. The molecule has 0 atom stereocenters. The van der Waals surface area contributed by atoms with Crippen LogP contribution in [0.1, 0.15) is 18.4 Å². The summed E-state index contributed by atoms with van der Waals surface area (Å²) in [5, 5.41) is 9.74. The largest absolute Gasteiger partial charge is 0.496 e. The molecule has 2 fully saturated rings. The zero-order chi connectivity index (χ0) is 12.8. The summed E-state index contributed by atoms with van der Waals surface area (Å²) in [5.74, 6) is 0.890. The van der Waals surface area contributed by atoms with Crippen LogP contribution in [0, 0.1) is 5.41 Å². The minimum absolute atomic E-state index is 0.000671. The lowest BCUT2D eigenvalue weighted by Crippen LogP contribution is -2.55. The van der Waals surface area contributed by atoms with Gasteiger partial charge in [0.25, 0.3) is 0 Å². The summed E-state index contributed by atoms with van der Waals surface area (Å²) in [5.41, 5.74) is 1.09. The second-order valence-corrected chi connectivity index (χ2v) is 6.27. The lowest BCUT2D eigenvalue weighted by molar-refractivity contribution is -0.111. The van der Waals surface area contributed by atoms with E-state index in [4.69, 9.17) is 9.47 Å². The average molecular weight is 313 g/mol. The molecule has 1 aromatic rings. The Balaban J connectivity index is 2.09. The van der Waals surface area contributed by atoms with Crippen LogP contribution in [0.15, 0.2) is 22.7 Å². The van der Waals surface area contributed by atoms with Crippen LogP contribution in [0.2, 0.25) is 0 Å². The first-order chi connectivity index (χ1) is 8.67. The van der Waals surface area contributed by atoms with Gasteiger partial charge in [-0.05, 0) is 31.0 Å². The fourth-order valence-corrected chi connectivity index (χ4v) is 3.41. The maximum atomic E-state index is 9.74. The fraction of sp³-hybridized carbons (Fsp3) is 0.571. The van der Waals surface area contributed by atoms with E-state index >= 15 is 0 Å². The quantitative estimate of drug-likeness (QED) is 0.928. The van der Waals surface area contributed by atoms with Gasteiger partial charge in [0, 0.05) is 22.1 Å². The molecule has 0 spiro atoms. The molecule has 3 rings (SSSR count). The Labute approximate surface area is 115 Å². The van der Waals surface area contributed by atoms with Gasteiger partial charge < -0.3 is 14.6 Å². The van der Waals surface area contributed by atoms with Crippen molar-refractivity contribution >= 4 is 15.9 Å². The topological polar surface area (TPSA) is 38.7 Å². The molecule has 1 heterocycles. The van der Waals surface area contributed by atoms with Crippen LogP contribution in [-0.2, 0) is 10.2 Å². The van der Waals surface area contributed by atoms with Crippen molar-refractivity contribution < 1.29 is 14.6 Å². The van der Waals surface area contributed by atoms with E-state index in [9.17, 15) is 5.11 Å². The van der Waals surface area contributed by atoms with Crippen molar-refractivity contribution in [3.05, 3.63) is 28.2 Å². The van der Waals surface area contributed by atoms with Crippen molar-refractivity contribution in [1.29, 1.82) is 0 Å². The van der Waals surface area contributed by atoms with Crippen LogP contribution in [0.4, 0.5) is 0 Å². The van der Waals surface area contributed by atoms with Crippen molar-refractivity contribution in [2.75, 3.05) is 26.9 Å². The molecular weight excluding hydrogens is 296 g/mol. The molecule has 1 saturated heterocycles. The first-order valence-corrected chi connectivity index (χ1v) is 6.99. The maximum absolute atomic E-state index is 9.74. The Hall–Kier alpha value is -0.580. The van der Waals surface area contributed by atoms with Crippen molar-refractivity contribution in [2.45, 2.75) is 18.3 Å². The van der Waals surface area contributed by atoms with Crippen LogP contribution in [-0.4, -0.2) is 32.0 Å².